The van der Waals surface area contributed by atoms with Gasteiger partial charge in [0.25, 0.3) is 0 Å². The van der Waals surface area contributed by atoms with Gasteiger partial charge < -0.3 is 15.8 Å². The summed E-state index contributed by atoms with van der Waals surface area (Å²) in [7, 11) is 1.62. The summed E-state index contributed by atoms with van der Waals surface area (Å²) in [6.07, 6.45) is 1.57. The lowest BCUT2D eigenvalue weighted by Crippen LogP contribution is -2.35. The number of halogens is 1. The van der Waals surface area contributed by atoms with Crippen molar-refractivity contribution in [1.82, 2.24) is 0 Å². The van der Waals surface area contributed by atoms with Gasteiger partial charge in [-0.2, -0.15) is 0 Å². The number of carbonyl (C=O) groups excluding carboxylic acids is 1. The zero-order valence-electron chi connectivity index (χ0n) is 10.7. The third kappa shape index (κ3) is 4.08. The van der Waals surface area contributed by atoms with E-state index in [4.69, 9.17) is 10.5 Å². The van der Waals surface area contributed by atoms with E-state index >= 15 is 0 Å². The van der Waals surface area contributed by atoms with Crippen LogP contribution in [0.2, 0.25) is 0 Å². The van der Waals surface area contributed by atoms with Gasteiger partial charge in [0.15, 0.2) is 0 Å². The average Bonchev–Trinajstić information content (AvgIpc) is 2.34. The quantitative estimate of drug-likeness (QED) is 0.848. The van der Waals surface area contributed by atoms with Crippen LogP contribution in [0.3, 0.4) is 0 Å². The first-order chi connectivity index (χ1) is 8.60. The summed E-state index contributed by atoms with van der Waals surface area (Å²) in [4.78, 5) is 11.9. The Morgan fingerprint density at radius 3 is 2.89 bits per heavy atom. The number of anilines is 1. The standard InChI is InChI=1S/C13H19BrN2O2/c1-3-5-11(15)13(17)16-12-7-4-6-10(14)9(12)8-18-2/h4,6-7,11H,3,5,8,15H2,1-2H3,(H,16,17)/t11-/m0/s1. The summed E-state index contributed by atoms with van der Waals surface area (Å²) in [5.41, 5.74) is 7.44. The molecule has 0 saturated carbocycles. The predicted molar refractivity (Wildman–Crippen MR) is 76.4 cm³/mol. The zero-order valence-corrected chi connectivity index (χ0v) is 12.3. The van der Waals surface area contributed by atoms with Crippen LogP contribution in [0.15, 0.2) is 22.7 Å². The van der Waals surface area contributed by atoms with Gasteiger partial charge in [0, 0.05) is 22.8 Å². The minimum absolute atomic E-state index is 0.160. The van der Waals surface area contributed by atoms with Crippen LogP contribution < -0.4 is 11.1 Å². The van der Waals surface area contributed by atoms with Gasteiger partial charge in [-0.1, -0.05) is 35.3 Å². The minimum Gasteiger partial charge on any atom is -0.380 e. The summed E-state index contributed by atoms with van der Waals surface area (Å²) in [6, 6.07) is 5.15. The lowest BCUT2D eigenvalue weighted by Gasteiger charge is -2.15. The summed E-state index contributed by atoms with van der Waals surface area (Å²) >= 11 is 3.44. The number of amides is 1. The van der Waals surface area contributed by atoms with Crippen molar-refractivity contribution in [3.63, 3.8) is 0 Å². The molecule has 0 radical (unpaired) electrons. The highest BCUT2D eigenvalue weighted by Gasteiger charge is 2.15. The molecule has 0 heterocycles. The van der Waals surface area contributed by atoms with Gasteiger partial charge in [0.2, 0.25) is 5.91 Å². The van der Waals surface area contributed by atoms with E-state index in [0.29, 0.717) is 13.0 Å². The highest BCUT2D eigenvalue weighted by molar-refractivity contribution is 9.10. The number of methoxy groups -OCH3 is 1. The molecule has 0 aliphatic heterocycles. The van der Waals surface area contributed by atoms with Gasteiger partial charge in [-0.15, -0.1) is 0 Å². The molecule has 5 heteroatoms. The van der Waals surface area contributed by atoms with E-state index in [9.17, 15) is 4.79 Å². The van der Waals surface area contributed by atoms with E-state index in [1.807, 2.05) is 25.1 Å². The Morgan fingerprint density at radius 1 is 1.56 bits per heavy atom. The van der Waals surface area contributed by atoms with Crippen molar-refractivity contribution < 1.29 is 9.53 Å². The normalized spacial score (nSPS) is 12.2. The summed E-state index contributed by atoms with van der Waals surface area (Å²) < 4.78 is 6.03. The molecule has 4 nitrogen and oxygen atoms in total. The van der Waals surface area contributed by atoms with E-state index < -0.39 is 6.04 Å². The molecular weight excluding hydrogens is 296 g/mol. The van der Waals surface area contributed by atoms with E-state index in [0.717, 1.165) is 22.1 Å². The van der Waals surface area contributed by atoms with E-state index in [1.165, 1.54) is 0 Å². The van der Waals surface area contributed by atoms with Crippen LogP contribution in [0.1, 0.15) is 25.3 Å². The lowest BCUT2D eigenvalue weighted by atomic mass is 10.1. The van der Waals surface area contributed by atoms with Crippen molar-refractivity contribution in [2.45, 2.75) is 32.4 Å². The molecule has 0 unspecified atom stereocenters. The van der Waals surface area contributed by atoms with Crippen molar-refractivity contribution in [1.29, 1.82) is 0 Å². The average molecular weight is 315 g/mol. The van der Waals surface area contributed by atoms with Crippen LogP contribution in [-0.4, -0.2) is 19.1 Å². The molecule has 0 fully saturated rings. The molecule has 1 amide bonds. The Balaban J connectivity index is 2.83. The van der Waals surface area contributed by atoms with Crippen LogP contribution in [0.5, 0.6) is 0 Å². The van der Waals surface area contributed by atoms with Gasteiger partial charge in [0.1, 0.15) is 0 Å². The van der Waals surface area contributed by atoms with Crippen LogP contribution in [0.25, 0.3) is 0 Å². The summed E-state index contributed by atoms with van der Waals surface area (Å²) in [5.74, 6) is -0.160. The number of hydrogen-bond donors (Lipinski definition) is 2. The predicted octanol–water partition coefficient (Wildman–Crippen LogP) is 2.66. The monoisotopic (exact) mass is 314 g/mol. The molecule has 0 aliphatic carbocycles. The van der Waals surface area contributed by atoms with Crippen LogP contribution >= 0.6 is 15.9 Å². The molecule has 18 heavy (non-hydrogen) atoms. The smallest absolute Gasteiger partial charge is 0.241 e. The lowest BCUT2D eigenvalue weighted by molar-refractivity contribution is -0.117. The molecule has 0 spiro atoms. The molecule has 0 saturated heterocycles. The van der Waals surface area contributed by atoms with Gasteiger partial charge in [0.05, 0.1) is 12.6 Å². The number of hydrogen-bond acceptors (Lipinski definition) is 3. The molecule has 3 N–H and O–H groups in total. The number of carbonyl (C=O) groups is 1. The van der Waals surface area contributed by atoms with Gasteiger partial charge in [-0.25, -0.2) is 0 Å². The van der Waals surface area contributed by atoms with Crippen molar-refractivity contribution in [2.24, 2.45) is 5.73 Å². The topological polar surface area (TPSA) is 64.4 Å². The molecule has 1 rings (SSSR count). The van der Waals surface area contributed by atoms with Crippen molar-refractivity contribution in [3.05, 3.63) is 28.2 Å². The van der Waals surface area contributed by atoms with Crippen molar-refractivity contribution in [2.75, 3.05) is 12.4 Å². The maximum Gasteiger partial charge on any atom is 0.241 e. The van der Waals surface area contributed by atoms with Gasteiger partial charge in [-0.3, -0.25) is 4.79 Å². The number of rotatable bonds is 6. The maximum absolute atomic E-state index is 11.9. The van der Waals surface area contributed by atoms with E-state index in [1.54, 1.807) is 7.11 Å². The van der Waals surface area contributed by atoms with Crippen LogP contribution in [0.4, 0.5) is 5.69 Å². The number of benzene rings is 1. The molecule has 100 valence electrons. The second-order valence-electron chi connectivity index (χ2n) is 4.08. The van der Waals surface area contributed by atoms with Crippen LogP contribution in [0, 0.1) is 0 Å². The Morgan fingerprint density at radius 2 is 2.28 bits per heavy atom. The first-order valence-corrected chi connectivity index (χ1v) is 6.72. The minimum atomic E-state index is -0.468. The molecular formula is C13H19BrN2O2. The number of nitrogens with two attached hydrogens (primary N) is 1. The van der Waals surface area contributed by atoms with Crippen molar-refractivity contribution >= 4 is 27.5 Å². The third-order valence-electron chi connectivity index (χ3n) is 2.60. The number of ether oxygens (including phenoxy) is 1. The SMILES string of the molecule is CCC[C@H](N)C(=O)Nc1cccc(Br)c1COC. The fourth-order valence-electron chi connectivity index (χ4n) is 1.63. The van der Waals surface area contributed by atoms with Gasteiger partial charge >= 0.3 is 0 Å². The molecule has 1 aromatic rings. The molecule has 0 bridgehead atoms. The second-order valence-corrected chi connectivity index (χ2v) is 4.94. The molecule has 1 aromatic carbocycles. The highest BCUT2D eigenvalue weighted by Crippen LogP contribution is 2.25. The second kappa shape index (κ2) is 7.51. The third-order valence-corrected chi connectivity index (χ3v) is 3.34. The van der Waals surface area contributed by atoms with Gasteiger partial charge in [-0.05, 0) is 18.6 Å². The highest BCUT2D eigenvalue weighted by atomic mass is 79.9. The first kappa shape index (κ1) is 15.1. The molecule has 1 atom stereocenters. The fraction of sp³-hybridized carbons (Fsp3) is 0.462. The maximum atomic E-state index is 11.9. The zero-order chi connectivity index (χ0) is 13.5. The Bertz CT molecular complexity index is 410. The fourth-order valence-corrected chi connectivity index (χ4v) is 2.11. The van der Waals surface area contributed by atoms with Crippen LogP contribution in [-0.2, 0) is 16.1 Å². The largest absolute Gasteiger partial charge is 0.380 e. The Hall–Kier alpha value is -0.910. The number of nitrogens with one attached hydrogen (secondary N) is 1. The Labute approximate surface area is 116 Å². The first-order valence-electron chi connectivity index (χ1n) is 5.92. The molecule has 0 aromatic heterocycles. The Kier molecular flexibility index (Phi) is 6.32. The van der Waals surface area contributed by atoms with Crippen molar-refractivity contribution in [3.8, 4) is 0 Å². The summed E-state index contributed by atoms with van der Waals surface area (Å²) in [6.45, 7) is 2.43. The van der Waals surface area contributed by atoms with E-state index in [2.05, 4.69) is 21.2 Å². The summed E-state index contributed by atoms with van der Waals surface area (Å²) in [5, 5.41) is 2.85. The molecule has 0 aliphatic rings. The van der Waals surface area contributed by atoms with E-state index in [-0.39, 0.29) is 5.91 Å².